The number of benzene rings is 2. The fourth-order valence-corrected chi connectivity index (χ4v) is 3.36. The minimum absolute atomic E-state index is 0.0241. The van der Waals surface area contributed by atoms with E-state index in [9.17, 15) is 34.8 Å². The number of rotatable bonds is 7. The lowest BCUT2D eigenvalue weighted by Gasteiger charge is -2.23. The van der Waals surface area contributed by atoms with Crippen LogP contribution in [-0.4, -0.2) is 33.1 Å². The molecule has 0 fully saturated rings. The maximum atomic E-state index is 13.2. The van der Waals surface area contributed by atoms with Crippen molar-refractivity contribution in [3.63, 3.8) is 0 Å². The van der Waals surface area contributed by atoms with Crippen molar-refractivity contribution in [2.24, 2.45) is 5.10 Å². The molecule has 0 saturated heterocycles. The fraction of sp³-hybridized carbons (Fsp3) is 0.278. The number of halogens is 6. The van der Waals surface area contributed by atoms with Gasteiger partial charge in [-0.2, -0.15) is 35.5 Å². The van der Waals surface area contributed by atoms with E-state index in [1.165, 1.54) is 6.07 Å². The molecule has 1 N–H and O–H groups in total. The highest BCUT2D eigenvalue weighted by Gasteiger charge is 2.59. The summed E-state index contributed by atoms with van der Waals surface area (Å²) in [5.41, 5.74) is 1.43. The lowest BCUT2D eigenvalue weighted by Crippen LogP contribution is -2.45. The quantitative estimate of drug-likeness (QED) is 0.381. The third-order valence-corrected chi connectivity index (χ3v) is 5.10. The lowest BCUT2D eigenvalue weighted by molar-refractivity contribution is -0.304. The fourth-order valence-electron chi connectivity index (χ4n) is 2.24. The second kappa shape index (κ2) is 8.54. The van der Waals surface area contributed by atoms with Crippen LogP contribution in [0.2, 0.25) is 0 Å². The van der Waals surface area contributed by atoms with Crippen molar-refractivity contribution >= 4 is 16.2 Å². The molecular formula is C18H16F6N2O3S. The number of nitrogens with one attached hydrogen (secondary N) is 1. The number of alkyl halides is 6. The number of hydrogen-bond acceptors (Lipinski definition) is 4. The van der Waals surface area contributed by atoms with Gasteiger partial charge in [0.2, 0.25) is 0 Å². The molecule has 12 heteroatoms. The Hall–Kier alpha value is -2.76. The van der Waals surface area contributed by atoms with Crippen LogP contribution in [0.4, 0.5) is 26.3 Å². The highest BCUT2D eigenvalue weighted by molar-refractivity contribution is 7.89. The summed E-state index contributed by atoms with van der Waals surface area (Å²) in [7, 11) is -3.96. The molecular weight excluding hydrogens is 438 g/mol. The van der Waals surface area contributed by atoms with Gasteiger partial charge in [-0.05, 0) is 60.9 Å². The van der Waals surface area contributed by atoms with E-state index < -0.39 is 34.2 Å². The standard InChI is InChI=1S/C18H16F6N2O3S/c1-11-3-4-12(2)15(9-11)30(27,28)26-25-10-13-5-7-14(8-6-13)29-18(23,24)16(19)17(20,21)22/h3-10,16,26H,1-2H3/b25-10+. The van der Waals surface area contributed by atoms with Gasteiger partial charge in [0.1, 0.15) is 5.75 Å². The molecule has 0 aliphatic heterocycles. The molecule has 0 bridgehead atoms. The van der Waals surface area contributed by atoms with Crippen molar-refractivity contribution in [3.8, 4) is 5.75 Å². The summed E-state index contributed by atoms with van der Waals surface area (Å²) in [6.45, 7) is 3.32. The first kappa shape index (κ1) is 23.5. The Kier molecular flexibility index (Phi) is 6.70. The van der Waals surface area contributed by atoms with E-state index in [1.807, 2.05) is 4.83 Å². The van der Waals surface area contributed by atoms with Crippen molar-refractivity contribution in [1.29, 1.82) is 0 Å². The molecule has 2 rings (SSSR count). The lowest BCUT2D eigenvalue weighted by atomic mass is 10.2. The topological polar surface area (TPSA) is 67.8 Å². The molecule has 0 aromatic heterocycles. The number of aryl methyl sites for hydroxylation is 2. The van der Waals surface area contributed by atoms with Crippen LogP contribution in [0, 0.1) is 13.8 Å². The van der Waals surface area contributed by atoms with E-state index in [0.717, 1.165) is 36.0 Å². The normalized spacial score (nSPS) is 14.0. The number of sulfonamides is 1. The number of hydrazone groups is 1. The molecule has 0 amide bonds. The average molecular weight is 454 g/mol. The summed E-state index contributed by atoms with van der Waals surface area (Å²) < 4.78 is 104. The van der Waals surface area contributed by atoms with E-state index in [1.54, 1.807) is 26.0 Å². The number of hydrogen-bond donors (Lipinski definition) is 1. The third kappa shape index (κ3) is 5.88. The molecule has 0 saturated carbocycles. The monoisotopic (exact) mass is 454 g/mol. The van der Waals surface area contributed by atoms with Gasteiger partial charge in [-0.25, -0.2) is 9.22 Å². The summed E-state index contributed by atoms with van der Waals surface area (Å²) in [4.78, 5) is 2.02. The Balaban J connectivity index is 2.07. The van der Waals surface area contributed by atoms with Crippen LogP contribution in [0.3, 0.4) is 0 Å². The van der Waals surface area contributed by atoms with Gasteiger partial charge in [0.25, 0.3) is 16.2 Å². The molecule has 30 heavy (non-hydrogen) atoms. The van der Waals surface area contributed by atoms with Gasteiger partial charge in [0.05, 0.1) is 11.1 Å². The van der Waals surface area contributed by atoms with Crippen LogP contribution in [0.15, 0.2) is 52.5 Å². The predicted molar refractivity (Wildman–Crippen MR) is 96.8 cm³/mol. The second-order valence-electron chi connectivity index (χ2n) is 6.26. The molecule has 164 valence electrons. The summed E-state index contributed by atoms with van der Waals surface area (Å²) in [6, 6.07) is 8.77. The molecule has 0 spiro atoms. The van der Waals surface area contributed by atoms with Crippen LogP contribution in [-0.2, 0) is 10.0 Å². The maximum absolute atomic E-state index is 13.2. The van der Waals surface area contributed by atoms with Gasteiger partial charge in [-0.15, -0.1) is 0 Å². The second-order valence-corrected chi connectivity index (χ2v) is 7.89. The molecule has 1 unspecified atom stereocenters. The first-order valence-corrected chi connectivity index (χ1v) is 9.70. The largest absolute Gasteiger partial charge is 0.439 e. The van der Waals surface area contributed by atoms with Crippen LogP contribution >= 0.6 is 0 Å². The zero-order valence-corrected chi connectivity index (χ0v) is 16.4. The molecule has 2 aromatic rings. The van der Waals surface area contributed by atoms with Crippen LogP contribution in [0.1, 0.15) is 16.7 Å². The maximum Gasteiger partial charge on any atom is 0.439 e. The van der Waals surface area contributed by atoms with E-state index in [0.29, 0.717) is 5.56 Å². The Labute approximate surface area is 168 Å². The van der Waals surface area contributed by atoms with E-state index in [2.05, 4.69) is 9.84 Å². The van der Waals surface area contributed by atoms with Crippen molar-refractivity contribution in [2.75, 3.05) is 0 Å². The van der Waals surface area contributed by atoms with E-state index in [4.69, 9.17) is 0 Å². The summed E-state index contributed by atoms with van der Waals surface area (Å²) in [6.07, 6.45) is -14.4. The van der Waals surface area contributed by atoms with Crippen molar-refractivity contribution in [2.45, 2.75) is 37.2 Å². The summed E-state index contributed by atoms with van der Waals surface area (Å²) in [5, 5.41) is 3.56. The smallest absolute Gasteiger partial charge is 0.430 e. The highest BCUT2D eigenvalue weighted by atomic mass is 32.2. The molecule has 0 aliphatic rings. The zero-order valence-electron chi connectivity index (χ0n) is 15.5. The van der Waals surface area contributed by atoms with Gasteiger partial charge in [-0.3, -0.25) is 0 Å². The molecule has 1 atom stereocenters. The van der Waals surface area contributed by atoms with E-state index in [-0.39, 0.29) is 10.5 Å². The minimum atomic E-state index is -5.79. The Morgan fingerprint density at radius 1 is 1.03 bits per heavy atom. The van der Waals surface area contributed by atoms with Crippen LogP contribution < -0.4 is 9.57 Å². The first-order chi connectivity index (χ1) is 13.7. The number of nitrogens with zero attached hydrogens (tertiary/aromatic N) is 1. The van der Waals surface area contributed by atoms with Crippen LogP contribution in [0.25, 0.3) is 0 Å². The first-order valence-electron chi connectivity index (χ1n) is 8.22. The van der Waals surface area contributed by atoms with Crippen molar-refractivity contribution < 1.29 is 39.5 Å². The SMILES string of the molecule is Cc1ccc(C)c(S(=O)(=O)N/N=C/c2ccc(OC(F)(F)C(F)C(F)(F)F)cc2)c1. The van der Waals surface area contributed by atoms with Gasteiger partial charge < -0.3 is 4.74 Å². The molecule has 0 aliphatic carbocycles. The van der Waals surface area contributed by atoms with Crippen molar-refractivity contribution in [3.05, 3.63) is 59.2 Å². The molecule has 5 nitrogen and oxygen atoms in total. The molecule has 0 radical (unpaired) electrons. The van der Waals surface area contributed by atoms with Crippen LogP contribution in [0.5, 0.6) is 5.75 Å². The molecule has 0 heterocycles. The van der Waals surface area contributed by atoms with Gasteiger partial charge in [0.15, 0.2) is 0 Å². The van der Waals surface area contributed by atoms with Gasteiger partial charge >= 0.3 is 12.3 Å². The minimum Gasteiger partial charge on any atom is -0.430 e. The third-order valence-electron chi connectivity index (χ3n) is 3.74. The van der Waals surface area contributed by atoms with Gasteiger partial charge in [0, 0.05) is 0 Å². The number of ether oxygens (including phenoxy) is 1. The summed E-state index contributed by atoms with van der Waals surface area (Å²) >= 11 is 0. The highest BCUT2D eigenvalue weighted by Crippen LogP contribution is 2.36. The Bertz CT molecular complexity index is 1020. The molecule has 2 aromatic carbocycles. The van der Waals surface area contributed by atoms with Gasteiger partial charge in [-0.1, -0.05) is 12.1 Å². The van der Waals surface area contributed by atoms with E-state index >= 15 is 0 Å². The zero-order chi connectivity index (χ0) is 22.7. The van der Waals surface area contributed by atoms with Crippen molar-refractivity contribution in [1.82, 2.24) is 4.83 Å². The Morgan fingerprint density at radius 2 is 1.63 bits per heavy atom. The summed E-state index contributed by atoms with van der Waals surface area (Å²) in [5.74, 6) is -0.722. The average Bonchev–Trinajstić information content (AvgIpc) is 2.63. The Morgan fingerprint density at radius 3 is 2.20 bits per heavy atom. The predicted octanol–water partition coefficient (Wildman–Crippen LogP) is 4.49.